The van der Waals surface area contributed by atoms with Gasteiger partial charge in [0.15, 0.2) is 0 Å². The molecule has 1 saturated heterocycles. The molecule has 3 heterocycles. The topological polar surface area (TPSA) is 65.1 Å². The highest BCUT2D eigenvalue weighted by Gasteiger charge is 2.46. The number of ether oxygens (including phenoxy) is 2. The first-order valence-electron chi connectivity index (χ1n) is 8.84. The Morgan fingerprint density at radius 2 is 2.08 bits per heavy atom. The molecule has 0 unspecified atom stereocenters. The van der Waals surface area contributed by atoms with Crippen molar-refractivity contribution in [3.63, 3.8) is 0 Å². The van der Waals surface area contributed by atoms with Crippen LogP contribution in [0, 0.1) is 0 Å². The number of benzene rings is 1. The minimum Gasteiger partial charge on any atom is -0.488 e. The molecule has 0 saturated carbocycles. The van der Waals surface area contributed by atoms with E-state index < -0.39 is 5.63 Å². The molecule has 5 heteroatoms. The zero-order chi connectivity index (χ0) is 18.3. The summed E-state index contributed by atoms with van der Waals surface area (Å²) in [4.78, 5) is 11.8. The molecule has 1 aliphatic heterocycles. The summed E-state index contributed by atoms with van der Waals surface area (Å²) in [6.07, 6.45) is 6.01. The van der Waals surface area contributed by atoms with Crippen LogP contribution >= 0.6 is 0 Å². The molecular formula is C21H22O5. The van der Waals surface area contributed by atoms with E-state index in [2.05, 4.69) is 20.8 Å². The molecule has 3 aromatic rings. The van der Waals surface area contributed by atoms with Gasteiger partial charge in [-0.05, 0) is 51.8 Å². The highest BCUT2D eigenvalue weighted by molar-refractivity contribution is 5.95. The second-order valence-corrected chi connectivity index (χ2v) is 7.35. The zero-order valence-electron chi connectivity index (χ0n) is 15.2. The number of hydrogen-bond acceptors (Lipinski definition) is 5. The van der Waals surface area contributed by atoms with Gasteiger partial charge in [-0.15, -0.1) is 0 Å². The summed E-state index contributed by atoms with van der Waals surface area (Å²) in [5.41, 5.74) is 1.99. The van der Waals surface area contributed by atoms with Gasteiger partial charge >= 0.3 is 5.63 Å². The summed E-state index contributed by atoms with van der Waals surface area (Å²) in [6.45, 7) is 6.72. The maximum atomic E-state index is 11.8. The van der Waals surface area contributed by atoms with Gasteiger partial charge in [0, 0.05) is 11.5 Å². The van der Waals surface area contributed by atoms with Crippen molar-refractivity contribution in [2.75, 3.05) is 6.61 Å². The number of rotatable bonds is 6. The summed E-state index contributed by atoms with van der Waals surface area (Å²) in [5.74, 6) is 0.523. The molecule has 0 amide bonds. The van der Waals surface area contributed by atoms with Crippen molar-refractivity contribution in [1.82, 2.24) is 0 Å². The molecule has 0 radical (unpaired) electrons. The van der Waals surface area contributed by atoms with E-state index in [1.807, 2.05) is 18.2 Å². The lowest BCUT2D eigenvalue weighted by Gasteiger charge is -2.07. The molecule has 1 fully saturated rings. The number of hydrogen-bond donors (Lipinski definition) is 0. The van der Waals surface area contributed by atoms with Gasteiger partial charge in [0.2, 0.25) is 0 Å². The second-order valence-electron chi connectivity index (χ2n) is 7.35. The number of fused-ring (bicyclic) bond motifs is 2. The van der Waals surface area contributed by atoms with Gasteiger partial charge < -0.3 is 18.3 Å². The molecule has 1 aliphatic rings. The Morgan fingerprint density at radius 3 is 2.85 bits per heavy atom. The Labute approximate surface area is 151 Å². The molecule has 0 N–H and O–H groups in total. The van der Waals surface area contributed by atoms with Crippen LogP contribution in [0.2, 0.25) is 0 Å². The highest BCUT2D eigenvalue weighted by atomic mass is 16.6. The van der Waals surface area contributed by atoms with Gasteiger partial charge in [-0.1, -0.05) is 5.57 Å². The van der Waals surface area contributed by atoms with Gasteiger partial charge in [-0.25, -0.2) is 4.79 Å². The maximum absolute atomic E-state index is 11.8. The minimum absolute atomic E-state index is 0.0339. The normalized spacial score (nSPS) is 19.2. The second kappa shape index (κ2) is 6.32. The Morgan fingerprint density at radius 1 is 1.27 bits per heavy atom. The quantitative estimate of drug-likeness (QED) is 0.361. The molecule has 1 atom stereocenters. The number of allylic oxidation sites excluding steroid dienone is 1. The summed E-state index contributed by atoms with van der Waals surface area (Å²) in [5, 5.41) is 1.70. The molecule has 0 bridgehead atoms. The molecular weight excluding hydrogens is 332 g/mol. The summed E-state index contributed by atoms with van der Waals surface area (Å²) in [6, 6.07) is 6.89. The van der Waals surface area contributed by atoms with E-state index in [0.717, 1.165) is 23.6 Å². The van der Waals surface area contributed by atoms with Gasteiger partial charge in [-0.2, -0.15) is 0 Å². The first-order valence-corrected chi connectivity index (χ1v) is 8.84. The number of epoxide rings is 1. The van der Waals surface area contributed by atoms with E-state index in [-0.39, 0.29) is 5.60 Å². The molecule has 0 aliphatic carbocycles. The average Bonchev–Trinajstić information content (AvgIpc) is 2.98. The van der Waals surface area contributed by atoms with Crippen LogP contribution in [0.25, 0.3) is 21.9 Å². The van der Waals surface area contributed by atoms with Gasteiger partial charge in [0.1, 0.15) is 23.5 Å². The van der Waals surface area contributed by atoms with Crippen molar-refractivity contribution in [1.29, 1.82) is 0 Å². The SMILES string of the molecule is CC(=CCOc1cc(=O)oc2cc3occc3cc12)CC[C@@H]1OC1(C)C. The first-order chi connectivity index (χ1) is 12.4. The zero-order valence-corrected chi connectivity index (χ0v) is 15.2. The van der Waals surface area contributed by atoms with E-state index in [1.54, 1.807) is 12.3 Å². The fourth-order valence-electron chi connectivity index (χ4n) is 3.18. The Kier molecular flexibility index (Phi) is 4.11. The predicted molar refractivity (Wildman–Crippen MR) is 99.7 cm³/mol. The predicted octanol–water partition coefficient (Wildman–Crippen LogP) is 4.82. The molecule has 2 aromatic heterocycles. The highest BCUT2D eigenvalue weighted by Crippen LogP contribution is 2.39. The van der Waals surface area contributed by atoms with Crippen molar-refractivity contribution < 1.29 is 18.3 Å². The maximum Gasteiger partial charge on any atom is 0.339 e. The average molecular weight is 354 g/mol. The van der Waals surface area contributed by atoms with Crippen molar-refractivity contribution >= 4 is 21.9 Å². The van der Waals surface area contributed by atoms with Gasteiger partial charge in [0.05, 0.1) is 29.4 Å². The lowest BCUT2D eigenvalue weighted by atomic mass is 10.0. The summed E-state index contributed by atoms with van der Waals surface area (Å²) in [7, 11) is 0. The van der Waals surface area contributed by atoms with Gasteiger partial charge in [-0.3, -0.25) is 0 Å². The minimum atomic E-state index is -0.438. The summed E-state index contributed by atoms with van der Waals surface area (Å²) >= 11 is 0. The summed E-state index contributed by atoms with van der Waals surface area (Å²) < 4.78 is 22.1. The molecule has 5 nitrogen and oxygen atoms in total. The number of furan rings is 1. The standard InChI is InChI=1S/C21H22O5/c1-13(4-5-19-21(2,3)26-19)6-8-24-17-12-20(22)25-18-11-16-14(7-9-23-16)10-15(17)18/h6-7,9-12,19H,4-5,8H2,1-3H3/t19-/m0/s1. The van der Waals surface area contributed by atoms with Crippen molar-refractivity contribution in [3.05, 3.63) is 52.6 Å². The third-order valence-corrected chi connectivity index (χ3v) is 4.92. The van der Waals surface area contributed by atoms with Crippen LogP contribution in [0.15, 0.2) is 55.8 Å². The van der Waals surface area contributed by atoms with E-state index in [0.29, 0.717) is 29.6 Å². The van der Waals surface area contributed by atoms with Crippen molar-refractivity contribution in [3.8, 4) is 5.75 Å². The Balaban J connectivity index is 1.48. The van der Waals surface area contributed by atoms with Crippen LogP contribution in [0.4, 0.5) is 0 Å². The van der Waals surface area contributed by atoms with E-state index in [9.17, 15) is 4.79 Å². The fourth-order valence-corrected chi connectivity index (χ4v) is 3.18. The molecule has 4 rings (SSSR count). The first kappa shape index (κ1) is 16.9. The van der Waals surface area contributed by atoms with E-state index in [1.165, 1.54) is 11.6 Å². The lowest BCUT2D eigenvalue weighted by molar-refractivity contribution is 0.320. The molecule has 136 valence electrons. The van der Waals surface area contributed by atoms with Crippen molar-refractivity contribution in [2.45, 2.75) is 45.3 Å². The Hall–Kier alpha value is -2.53. The monoisotopic (exact) mass is 354 g/mol. The van der Waals surface area contributed by atoms with Crippen LogP contribution in [-0.2, 0) is 4.74 Å². The smallest absolute Gasteiger partial charge is 0.339 e. The van der Waals surface area contributed by atoms with Crippen LogP contribution in [0.5, 0.6) is 5.75 Å². The molecule has 0 spiro atoms. The Bertz CT molecular complexity index is 1040. The molecule has 26 heavy (non-hydrogen) atoms. The van der Waals surface area contributed by atoms with Gasteiger partial charge in [0.25, 0.3) is 0 Å². The fraction of sp³-hybridized carbons (Fsp3) is 0.381. The van der Waals surface area contributed by atoms with E-state index >= 15 is 0 Å². The third kappa shape index (κ3) is 3.40. The van der Waals surface area contributed by atoms with Crippen LogP contribution in [0.3, 0.4) is 0 Å². The largest absolute Gasteiger partial charge is 0.488 e. The molecule has 1 aromatic carbocycles. The van der Waals surface area contributed by atoms with Crippen LogP contribution in [-0.4, -0.2) is 18.3 Å². The van der Waals surface area contributed by atoms with Crippen LogP contribution in [0.1, 0.15) is 33.6 Å². The van der Waals surface area contributed by atoms with E-state index in [4.69, 9.17) is 18.3 Å². The van der Waals surface area contributed by atoms with Crippen LogP contribution < -0.4 is 10.4 Å². The van der Waals surface area contributed by atoms with Crippen molar-refractivity contribution in [2.24, 2.45) is 0 Å². The lowest BCUT2D eigenvalue weighted by Crippen LogP contribution is -2.03. The third-order valence-electron chi connectivity index (χ3n) is 4.92.